The van der Waals surface area contributed by atoms with Crippen molar-refractivity contribution in [2.75, 3.05) is 33.3 Å². The molecule has 2 aliphatic rings. The topological polar surface area (TPSA) is 87.9 Å². The molecule has 1 saturated heterocycles. The van der Waals surface area contributed by atoms with E-state index >= 15 is 0 Å². The minimum Gasteiger partial charge on any atom is -0.497 e. The summed E-state index contributed by atoms with van der Waals surface area (Å²) in [7, 11) is 1.69. The lowest BCUT2D eigenvalue weighted by Crippen LogP contribution is -2.57. The average Bonchev–Trinajstić information content (AvgIpc) is 2.86. The Balaban J connectivity index is 1.66. The Morgan fingerprint density at radius 3 is 2.51 bits per heavy atom. The quantitative estimate of drug-likeness (QED) is 0.529. The van der Waals surface area contributed by atoms with Crippen LogP contribution in [0.4, 0.5) is 0 Å². The van der Waals surface area contributed by atoms with Gasteiger partial charge in [-0.05, 0) is 80.5 Å². The van der Waals surface area contributed by atoms with Gasteiger partial charge in [0, 0.05) is 39.1 Å². The summed E-state index contributed by atoms with van der Waals surface area (Å²) in [4.78, 5) is 30.0. The summed E-state index contributed by atoms with van der Waals surface area (Å²) in [5.41, 5.74) is 7.03. The van der Waals surface area contributed by atoms with Gasteiger partial charge in [-0.3, -0.25) is 14.5 Å². The van der Waals surface area contributed by atoms with Crippen LogP contribution in [0.2, 0.25) is 0 Å². The van der Waals surface area contributed by atoms with Crippen LogP contribution in [0, 0.1) is 17.8 Å². The second-order valence-electron chi connectivity index (χ2n) is 10.9. The first-order valence-electron chi connectivity index (χ1n) is 13.4. The van der Waals surface area contributed by atoms with Gasteiger partial charge in [0.1, 0.15) is 11.8 Å². The number of likely N-dealkylation sites (tertiary alicyclic amines) is 1. The molecule has 1 aromatic carbocycles. The fourth-order valence-electron chi connectivity index (χ4n) is 5.75. The summed E-state index contributed by atoms with van der Waals surface area (Å²) in [5, 5.41) is 3.21. The van der Waals surface area contributed by atoms with Gasteiger partial charge in [-0.2, -0.15) is 0 Å². The largest absolute Gasteiger partial charge is 0.497 e. The summed E-state index contributed by atoms with van der Waals surface area (Å²) in [5.74, 6) is 2.48. The van der Waals surface area contributed by atoms with Crippen molar-refractivity contribution in [3.05, 3.63) is 29.8 Å². The van der Waals surface area contributed by atoms with E-state index in [1.807, 2.05) is 12.1 Å². The number of ether oxygens (including phenoxy) is 1. The molecule has 1 heterocycles. The van der Waals surface area contributed by atoms with Crippen LogP contribution in [0.1, 0.15) is 64.9 Å². The minimum absolute atomic E-state index is 0.00303. The van der Waals surface area contributed by atoms with Crippen molar-refractivity contribution in [1.29, 1.82) is 0 Å². The Morgan fingerprint density at radius 2 is 1.89 bits per heavy atom. The molecule has 3 N–H and O–H groups in total. The van der Waals surface area contributed by atoms with Crippen molar-refractivity contribution in [2.24, 2.45) is 23.5 Å². The van der Waals surface area contributed by atoms with Gasteiger partial charge in [0.05, 0.1) is 7.11 Å². The maximum absolute atomic E-state index is 13.3. The monoisotopic (exact) mass is 486 g/mol. The third-order valence-electron chi connectivity index (χ3n) is 7.78. The number of hydrogen-bond acceptors (Lipinski definition) is 5. The molecule has 2 atom stereocenters. The number of carbonyl (C=O) groups excluding carboxylic acids is 2. The van der Waals surface area contributed by atoms with E-state index in [-0.39, 0.29) is 17.9 Å². The van der Waals surface area contributed by atoms with Crippen molar-refractivity contribution >= 4 is 11.8 Å². The Kier molecular flexibility index (Phi) is 10.4. The molecule has 1 saturated carbocycles. The van der Waals surface area contributed by atoms with Gasteiger partial charge >= 0.3 is 0 Å². The van der Waals surface area contributed by atoms with Crippen molar-refractivity contribution < 1.29 is 14.3 Å². The number of rotatable bonds is 10. The predicted molar refractivity (Wildman–Crippen MR) is 140 cm³/mol. The number of benzene rings is 1. The highest BCUT2D eigenvalue weighted by atomic mass is 16.5. The van der Waals surface area contributed by atoms with Crippen LogP contribution in [0.15, 0.2) is 24.3 Å². The number of methoxy groups -OCH3 is 1. The van der Waals surface area contributed by atoms with Crippen molar-refractivity contribution in [3.8, 4) is 5.75 Å². The van der Waals surface area contributed by atoms with Gasteiger partial charge in [-0.15, -0.1) is 0 Å². The third kappa shape index (κ3) is 7.94. The van der Waals surface area contributed by atoms with Crippen LogP contribution >= 0.6 is 0 Å². The Hall–Kier alpha value is -2.12. The first kappa shape index (κ1) is 27.5. The fraction of sp³-hybridized carbons (Fsp3) is 0.714. The smallest absolute Gasteiger partial charge is 0.242 e. The lowest BCUT2D eigenvalue weighted by molar-refractivity contribution is -0.142. The predicted octanol–water partition coefficient (Wildman–Crippen LogP) is 3.41. The first-order valence-corrected chi connectivity index (χ1v) is 13.4. The van der Waals surface area contributed by atoms with E-state index in [1.54, 1.807) is 18.9 Å². The minimum atomic E-state index is -0.411. The van der Waals surface area contributed by atoms with Crippen LogP contribution in [0.3, 0.4) is 0 Å². The van der Waals surface area contributed by atoms with E-state index in [2.05, 4.69) is 36.2 Å². The number of amides is 2. The molecule has 0 aromatic heterocycles. The van der Waals surface area contributed by atoms with E-state index in [4.69, 9.17) is 10.5 Å². The van der Waals surface area contributed by atoms with E-state index in [0.29, 0.717) is 37.3 Å². The fourth-order valence-corrected chi connectivity index (χ4v) is 5.75. The molecule has 7 nitrogen and oxygen atoms in total. The molecule has 0 radical (unpaired) electrons. The molecule has 3 rings (SSSR count). The Morgan fingerprint density at radius 1 is 1.17 bits per heavy atom. The summed E-state index contributed by atoms with van der Waals surface area (Å²) < 4.78 is 5.42. The van der Waals surface area contributed by atoms with Gasteiger partial charge in [0.25, 0.3) is 0 Å². The molecule has 0 bridgehead atoms. The van der Waals surface area contributed by atoms with E-state index in [1.165, 1.54) is 5.56 Å². The molecular formula is C28H46N4O3. The van der Waals surface area contributed by atoms with E-state index in [9.17, 15) is 9.59 Å². The number of hydrogen-bond donors (Lipinski definition) is 2. The normalized spacial score (nSPS) is 25.1. The van der Waals surface area contributed by atoms with Crippen molar-refractivity contribution in [3.63, 3.8) is 0 Å². The van der Waals surface area contributed by atoms with Gasteiger partial charge < -0.3 is 20.7 Å². The average molecular weight is 487 g/mol. The summed E-state index contributed by atoms with van der Waals surface area (Å²) in [6, 6.07) is 8.04. The number of carbonyl (C=O) groups is 2. The first-order chi connectivity index (χ1) is 16.8. The maximum Gasteiger partial charge on any atom is 0.242 e. The molecule has 1 aliphatic heterocycles. The van der Waals surface area contributed by atoms with Crippen LogP contribution < -0.4 is 15.8 Å². The van der Waals surface area contributed by atoms with Crippen LogP contribution in [0.5, 0.6) is 5.75 Å². The van der Waals surface area contributed by atoms with E-state index in [0.717, 1.165) is 57.5 Å². The molecule has 196 valence electrons. The molecule has 7 heteroatoms. The molecule has 35 heavy (non-hydrogen) atoms. The van der Waals surface area contributed by atoms with E-state index < -0.39 is 6.04 Å². The van der Waals surface area contributed by atoms with Crippen molar-refractivity contribution in [2.45, 2.75) is 77.9 Å². The zero-order chi connectivity index (χ0) is 25.4. The zero-order valence-electron chi connectivity index (χ0n) is 22.2. The number of nitrogens with one attached hydrogen (secondary N) is 1. The van der Waals surface area contributed by atoms with Crippen LogP contribution in [0.25, 0.3) is 0 Å². The highest BCUT2D eigenvalue weighted by Crippen LogP contribution is 2.29. The zero-order valence-corrected chi connectivity index (χ0v) is 22.2. The van der Waals surface area contributed by atoms with Crippen molar-refractivity contribution in [1.82, 2.24) is 15.1 Å². The van der Waals surface area contributed by atoms with Gasteiger partial charge in [-0.1, -0.05) is 26.0 Å². The lowest BCUT2D eigenvalue weighted by atomic mass is 9.82. The number of piperidine rings is 1. The standard InChI is InChI=1S/C28H46N4O3/c1-20(2)18-31(19-24-6-5-7-26(14-24)35-4)25-12-13-32(21(3)33)27(15-25)28(34)30-17-23-10-8-22(16-29)9-11-23/h5-7,14,20,22-23,25,27H,8-13,15-19,29H2,1-4H3,(H,30,34)/t22?,23?,25?,27-/m1/s1. The highest BCUT2D eigenvalue weighted by Gasteiger charge is 2.37. The molecule has 2 fully saturated rings. The maximum atomic E-state index is 13.3. The number of nitrogens with two attached hydrogens (primary N) is 1. The third-order valence-corrected chi connectivity index (χ3v) is 7.78. The summed E-state index contributed by atoms with van der Waals surface area (Å²) in [6.07, 6.45) is 6.08. The molecule has 1 aromatic rings. The molecule has 2 amide bonds. The van der Waals surface area contributed by atoms with Crippen LogP contribution in [-0.2, 0) is 16.1 Å². The van der Waals surface area contributed by atoms with Crippen LogP contribution in [-0.4, -0.2) is 67.0 Å². The molecule has 0 spiro atoms. The highest BCUT2D eigenvalue weighted by molar-refractivity contribution is 5.87. The molecule has 1 aliphatic carbocycles. The Bertz CT molecular complexity index is 822. The molecular weight excluding hydrogens is 440 g/mol. The second kappa shape index (κ2) is 13.3. The second-order valence-corrected chi connectivity index (χ2v) is 10.9. The summed E-state index contributed by atoms with van der Waals surface area (Å²) >= 11 is 0. The van der Waals surface area contributed by atoms with Gasteiger partial charge in [-0.25, -0.2) is 0 Å². The number of nitrogens with zero attached hydrogens (tertiary/aromatic N) is 2. The van der Waals surface area contributed by atoms with Gasteiger partial charge in [0.15, 0.2) is 0 Å². The molecule has 1 unspecified atom stereocenters. The lowest BCUT2D eigenvalue weighted by Gasteiger charge is -2.43. The SMILES string of the molecule is COc1cccc(CN(CC(C)C)C2CCN(C(C)=O)[C@@H](C(=O)NCC3CCC(CN)CC3)C2)c1. The Labute approximate surface area is 211 Å². The van der Waals surface area contributed by atoms with Gasteiger partial charge in [0.2, 0.25) is 11.8 Å². The summed E-state index contributed by atoms with van der Waals surface area (Å²) in [6.45, 7) is 9.86.